The smallest absolute Gasteiger partial charge is 0.263 e. The summed E-state index contributed by atoms with van der Waals surface area (Å²) in [4.78, 5) is 60.2. The Morgan fingerprint density at radius 2 is 1.14 bits per heavy atom. The van der Waals surface area contributed by atoms with Gasteiger partial charge in [-0.25, -0.2) is 23.7 Å². The van der Waals surface area contributed by atoms with Crippen LogP contribution in [0, 0.1) is 11.6 Å². The summed E-state index contributed by atoms with van der Waals surface area (Å²) in [5.41, 5.74) is 21.4. The van der Waals surface area contributed by atoms with E-state index < -0.39 is 23.1 Å². The zero-order valence-corrected chi connectivity index (χ0v) is 37.4. The summed E-state index contributed by atoms with van der Waals surface area (Å²) in [6, 6.07) is 40.4. The lowest BCUT2D eigenvalue weighted by Gasteiger charge is -2.10. The van der Waals surface area contributed by atoms with Crippen molar-refractivity contribution in [1.29, 1.82) is 0 Å². The molecule has 0 radical (unpaired) electrons. The molecule has 346 valence electrons. The molecular formula is C55H44F2N10O3. The Kier molecular flexibility index (Phi) is 13.4. The van der Waals surface area contributed by atoms with E-state index in [-0.39, 0.29) is 17.9 Å². The molecule has 7 aromatic heterocycles. The Bertz CT molecular complexity index is 3730. The number of pyridine rings is 4. The molecule has 4 aromatic carbocycles. The van der Waals surface area contributed by atoms with E-state index >= 15 is 0 Å². The topological polar surface area (TPSA) is 206 Å². The van der Waals surface area contributed by atoms with E-state index in [1.807, 2.05) is 79.1 Å². The number of halogens is 2. The van der Waals surface area contributed by atoms with Crippen molar-refractivity contribution in [2.45, 2.75) is 19.4 Å². The summed E-state index contributed by atoms with van der Waals surface area (Å²) in [7, 11) is 0. The molecular weight excluding hydrogens is 887 g/mol. The van der Waals surface area contributed by atoms with E-state index in [9.17, 15) is 23.2 Å². The summed E-state index contributed by atoms with van der Waals surface area (Å²) >= 11 is 0. The fourth-order valence-corrected chi connectivity index (χ4v) is 8.07. The maximum atomic E-state index is 13.5. The van der Waals surface area contributed by atoms with Crippen molar-refractivity contribution in [2.75, 3.05) is 16.8 Å². The minimum Gasteiger partial charge on any atom is -0.399 e. The Morgan fingerprint density at radius 3 is 1.79 bits per heavy atom. The monoisotopic (exact) mass is 930 g/mol. The van der Waals surface area contributed by atoms with Gasteiger partial charge in [-0.2, -0.15) is 0 Å². The Labute approximate surface area is 398 Å². The van der Waals surface area contributed by atoms with Crippen LogP contribution in [0.3, 0.4) is 0 Å². The van der Waals surface area contributed by atoms with E-state index in [1.165, 1.54) is 39.4 Å². The van der Waals surface area contributed by atoms with Gasteiger partial charge in [-0.1, -0.05) is 42.5 Å². The second-order valence-corrected chi connectivity index (χ2v) is 16.3. The van der Waals surface area contributed by atoms with Crippen LogP contribution in [0.5, 0.6) is 0 Å². The number of hydrogen-bond acceptors (Lipinski definition) is 8. The molecule has 0 fully saturated rings. The number of aromatic amines is 3. The third-order valence-corrected chi connectivity index (χ3v) is 11.4. The molecule has 0 aliphatic rings. The molecule has 0 atom stereocenters. The SMILES string of the molecule is Nc1cccc(C(=O)c2c[nH]c3ncccc23)c1.Nc1cccc(Cc2c[nH]c3ncccc23)c1.O=C(Nc1cccc(Cc2c[nH]c3ncccc23)c1)c1cccn(Cc2ccc(F)c(F)c2)c1=O. The number of aromatic nitrogens is 7. The van der Waals surface area contributed by atoms with E-state index in [0.29, 0.717) is 40.1 Å². The van der Waals surface area contributed by atoms with Gasteiger partial charge in [0.25, 0.3) is 11.5 Å². The number of nitrogen functional groups attached to an aromatic ring is 2. The summed E-state index contributed by atoms with van der Waals surface area (Å²) in [5.74, 6) is -2.56. The molecule has 0 spiro atoms. The number of fused-ring (bicyclic) bond motifs is 3. The van der Waals surface area contributed by atoms with Crippen LogP contribution in [-0.2, 0) is 19.4 Å². The van der Waals surface area contributed by atoms with Crippen LogP contribution in [0.1, 0.15) is 54.1 Å². The third-order valence-electron chi connectivity index (χ3n) is 11.4. The van der Waals surface area contributed by atoms with Gasteiger partial charge in [0.2, 0.25) is 0 Å². The molecule has 0 saturated carbocycles. The molecule has 11 aromatic rings. The highest BCUT2D eigenvalue weighted by atomic mass is 19.2. The predicted octanol–water partition coefficient (Wildman–Crippen LogP) is 10.0. The lowest BCUT2D eigenvalue weighted by molar-refractivity contribution is 0.102. The Balaban J connectivity index is 0.000000145. The normalized spacial score (nSPS) is 10.9. The van der Waals surface area contributed by atoms with Crippen LogP contribution in [0.15, 0.2) is 188 Å². The molecule has 15 heteroatoms. The van der Waals surface area contributed by atoms with Gasteiger partial charge in [-0.05, 0) is 138 Å². The van der Waals surface area contributed by atoms with Gasteiger partial charge >= 0.3 is 0 Å². The van der Waals surface area contributed by atoms with Crippen molar-refractivity contribution in [2.24, 2.45) is 0 Å². The number of rotatable bonds is 10. The Hall–Kier alpha value is -9.50. The molecule has 8 N–H and O–H groups in total. The Morgan fingerprint density at radius 1 is 0.557 bits per heavy atom. The van der Waals surface area contributed by atoms with Crippen LogP contribution in [-0.4, -0.2) is 46.2 Å². The second kappa shape index (κ2) is 20.6. The van der Waals surface area contributed by atoms with Crippen molar-refractivity contribution in [3.63, 3.8) is 0 Å². The number of nitrogens with two attached hydrogens (primary N) is 2. The highest BCUT2D eigenvalue weighted by molar-refractivity contribution is 6.16. The van der Waals surface area contributed by atoms with Gasteiger partial charge in [0, 0.05) is 87.7 Å². The quantitative estimate of drug-likeness (QED) is 0.0573. The molecule has 11 rings (SSSR count). The van der Waals surface area contributed by atoms with Crippen molar-refractivity contribution in [3.05, 3.63) is 249 Å². The fraction of sp³-hybridized carbons (Fsp3) is 0.0545. The molecule has 0 bridgehead atoms. The number of amides is 1. The summed E-state index contributed by atoms with van der Waals surface area (Å²) in [6.07, 6.45) is 13.8. The van der Waals surface area contributed by atoms with Gasteiger partial charge in [0.05, 0.1) is 6.54 Å². The number of nitrogens with one attached hydrogen (secondary N) is 4. The highest BCUT2D eigenvalue weighted by Gasteiger charge is 2.16. The van der Waals surface area contributed by atoms with Crippen LogP contribution < -0.4 is 22.3 Å². The van der Waals surface area contributed by atoms with Gasteiger partial charge in [0.1, 0.15) is 22.5 Å². The van der Waals surface area contributed by atoms with Gasteiger partial charge in [0.15, 0.2) is 17.4 Å². The fourth-order valence-electron chi connectivity index (χ4n) is 8.07. The number of carbonyl (C=O) groups excluding carboxylic acids is 2. The van der Waals surface area contributed by atoms with Gasteiger partial charge in [-0.3, -0.25) is 14.4 Å². The minimum absolute atomic E-state index is 0.00607. The van der Waals surface area contributed by atoms with E-state index in [4.69, 9.17) is 11.5 Å². The minimum atomic E-state index is -0.992. The zero-order chi connectivity index (χ0) is 48.6. The average molecular weight is 931 g/mol. The molecule has 0 saturated heterocycles. The zero-order valence-electron chi connectivity index (χ0n) is 37.4. The van der Waals surface area contributed by atoms with Crippen LogP contribution in [0.4, 0.5) is 25.8 Å². The summed E-state index contributed by atoms with van der Waals surface area (Å²) in [6.45, 7) is 0.00607. The second-order valence-electron chi connectivity index (χ2n) is 16.3. The number of benzene rings is 4. The van der Waals surface area contributed by atoms with Crippen LogP contribution in [0.2, 0.25) is 0 Å². The number of carbonyl (C=O) groups is 2. The van der Waals surface area contributed by atoms with E-state index in [2.05, 4.69) is 47.4 Å². The summed E-state index contributed by atoms with van der Waals surface area (Å²) < 4.78 is 28.0. The average Bonchev–Trinajstić information content (AvgIpc) is 4.11. The van der Waals surface area contributed by atoms with E-state index in [0.717, 1.165) is 57.4 Å². The van der Waals surface area contributed by atoms with Crippen LogP contribution in [0.25, 0.3) is 33.1 Å². The number of ketones is 1. The van der Waals surface area contributed by atoms with Crippen molar-refractivity contribution in [1.82, 2.24) is 34.5 Å². The number of hydrogen-bond donors (Lipinski definition) is 6. The maximum absolute atomic E-state index is 13.5. The lowest BCUT2D eigenvalue weighted by atomic mass is 10.0. The first-order valence-corrected chi connectivity index (χ1v) is 22.1. The maximum Gasteiger partial charge on any atom is 0.263 e. The standard InChI is InChI=1S/C27H20F2N4O2.C14H11N3O.C14H13N3/c28-23-9-8-18(14-24(23)29)16-33-11-3-7-22(27(33)35)26(34)32-20-5-1-4-17(13-20)12-19-15-31-25-21(19)6-2-10-30-25;15-10-4-1-3-9(7-10)13(18)12-8-17-14-11(12)5-2-6-16-14;15-12-4-1-3-10(8-12)7-11-9-17-14-13(11)5-2-6-16-14/h1-11,13-15H,12,16H2,(H,30,31)(H,32,34);1-8H,15H2,(H,16,17);1-6,8-9H,7,15H2,(H,16,17). The van der Waals surface area contributed by atoms with E-state index in [1.54, 1.807) is 61.2 Å². The van der Waals surface area contributed by atoms with Crippen molar-refractivity contribution >= 4 is 61.9 Å². The molecule has 0 aliphatic heterocycles. The molecule has 0 aliphatic carbocycles. The summed E-state index contributed by atoms with van der Waals surface area (Å²) in [5, 5.41) is 5.82. The number of nitrogens with zero attached hydrogens (tertiary/aromatic N) is 4. The van der Waals surface area contributed by atoms with Crippen LogP contribution >= 0.6 is 0 Å². The molecule has 7 heterocycles. The number of H-pyrrole nitrogens is 3. The van der Waals surface area contributed by atoms with Crippen molar-refractivity contribution in [3.8, 4) is 0 Å². The number of anilines is 3. The molecule has 70 heavy (non-hydrogen) atoms. The lowest BCUT2D eigenvalue weighted by Crippen LogP contribution is -2.29. The largest absolute Gasteiger partial charge is 0.399 e. The van der Waals surface area contributed by atoms with Gasteiger partial charge < -0.3 is 36.3 Å². The molecule has 1 amide bonds. The molecule has 0 unspecified atom stereocenters. The molecule has 13 nitrogen and oxygen atoms in total. The first kappa shape index (κ1) is 45.6. The third kappa shape index (κ3) is 10.5. The predicted molar refractivity (Wildman–Crippen MR) is 270 cm³/mol. The van der Waals surface area contributed by atoms with Crippen molar-refractivity contribution < 1.29 is 18.4 Å². The first-order valence-electron chi connectivity index (χ1n) is 22.1. The first-order chi connectivity index (χ1) is 34.1. The van der Waals surface area contributed by atoms with Gasteiger partial charge in [-0.15, -0.1) is 0 Å². The highest BCUT2D eigenvalue weighted by Crippen LogP contribution is 2.24.